The van der Waals surface area contributed by atoms with Crippen LogP contribution in [0.1, 0.15) is 13.3 Å². The van der Waals surface area contributed by atoms with Gasteiger partial charge < -0.3 is 31.5 Å². The molecular weight excluding hydrogens is 236 g/mol. The molecule has 7 N–H and O–H groups in total. The predicted octanol–water partition coefficient (Wildman–Crippen LogP) is -2.94. The van der Waals surface area contributed by atoms with Gasteiger partial charge in [0.2, 0.25) is 11.6 Å². The molecule has 0 fully saturated rings. The lowest BCUT2D eigenvalue weighted by Crippen LogP contribution is -2.60. The molecule has 9 heteroatoms. The van der Waals surface area contributed by atoms with Crippen LogP contribution in [0.25, 0.3) is 0 Å². The highest BCUT2D eigenvalue weighted by Gasteiger charge is 2.41. The van der Waals surface area contributed by atoms with Crippen LogP contribution in [-0.2, 0) is 14.4 Å². The molecule has 0 aliphatic carbocycles. The number of aliphatic carboxylic acids is 2. The standard InChI is InChI=1S/C8H14N2O7/c1-3(11)5(9)6(14)10-8(17,7(15)16)2-4(12)13/h3,5,11,17H,2,9H2,1H3,(H,10,14)(H,12,13)(H,15,16)/t3-,5+,8-/m1/s1. The number of aliphatic hydroxyl groups is 2. The summed E-state index contributed by atoms with van der Waals surface area (Å²) in [6.07, 6.45) is -2.52. The lowest BCUT2D eigenvalue weighted by Gasteiger charge is -2.25. The minimum atomic E-state index is -2.96. The lowest BCUT2D eigenvalue weighted by molar-refractivity contribution is -0.171. The van der Waals surface area contributed by atoms with Crippen LogP contribution in [0.3, 0.4) is 0 Å². The number of carboxylic acid groups (broad SMARTS) is 2. The van der Waals surface area contributed by atoms with Crippen molar-refractivity contribution in [2.75, 3.05) is 0 Å². The first-order valence-corrected chi connectivity index (χ1v) is 4.53. The van der Waals surface area contributed by atoms with E-state index < -0.39 is 42.1 Å². The Balaban J connectivity index is 4.83. The maximum Gasteiger partial charge on any atom is 0.357 e. The van der Waals surface area contributed by atoms with Gasteiger partial charge in [0.15, 0.2) is 0 Å². The lowest BCUT2D eigenvalue weighted by atomic mass is 10.1. The fraction of sp³-hybridized carbons (Fsp3) is 0.625. The van der Waals surface area contributed by atoms with Gasteiger partial charge in [-0.05, 0) is 6.92 Å². The highest BCUT2D eigenvalue weighted by molar-refractivity contribution is 5.91. The summed E-state index contributed by atoms with van der Waals surface area (Å²) in [6, 6.07) is -1.48. The number of amides is 1. The quantitative estimate of drug-likeness (QED) is 0.272. The first-order valence-electron chi connectivity index (χ1n) is 4.53. The van der Waals surface area contributed by atoms with Crippen LogP contribution in [-0.4, -0.2) is 56.1 Å². The zero-order valence-electron chi connectivity index (χ0n) is 8.95. The van der Waals surface area contributed by atoms with Crippen molar-refractivity contribution >= 4 is 17.8 Å². The Labute approximate surface area is 95.8 Å². The molecule has 0 unspecified atom stereocenters. The zero-order chi connectivity index (χ0) is 13.8. The number of rotatable bonds is 6. The third-order valence-electron chi connectivity index (χ3n) is 1.91. The molecule has 3 atom stereocenters. The topological polar surface area (TPSA) is 170 Å². The monoisotopic (exact) mass is 250 g/mol. The molecule has 0 aromatic heterocycles. The molecule has 0 saturated carbocycles. The molecule has 0 aromatic rings. The summed E-state index contributed by atoms with van der Waals surface area (Å²) in [4.78, 5) is 32.3. The third-order valence-corrected chi connectivity index (χ3v) is 1.91. The molecule has 0 aromatic carbocycles. The Bertz CT molecular complexity index is 330. The van der Waals surface area contributed by atoms with Gasteiger partial charge in [0.25, 0.3) is 0 Å². The van der Waals surface area contributed by atoms with Gasteiger partial charge in [0.05, 0.1) is 6.10 Å². The van der Waals surface area contributed by atoms with Crippen molar-refractivity contribution in [3.63, 3.8) is 0 Å². The van der Waals surface area contributed by atoms with Crippen molar-refractivity contribution in [3.8, 4) is 0 Å². The molecule has 0 saturated heterocycles. The van der Waals surface area contributed by atoms with Gasteiger partial charge in [-0.25, -0.2) is 4.79 Å². The van der Waals surface area contributed by atoms with Gasteiger partial charge >= 0.3 is 11.9 Å². The SMILES string of the molecule is C[C@@H](O)[C@H](N)C(=O)N[C@@](O)(CC(=O)O)C(=O)O. The Morgan fingerprint density at radius 2 is 1.82 bits per heavy atom. The number of hydrogen-bond donors (Lipinski definition) is 6. The number of nitrogens with one attached hydrogen (secondary N) is 1. The molecule has 9 nitrogen and oxygen atoms in total. The van der Waals surface area contributed by atoms with Crippen molar-refractivity contribution < 1.29 is 34.8 Å². The molecule has 0 rings (SSSR count). The van der Waals surface area contributed by atoms with Crippen molar-refractivity contribution in [2.24, 2.45) is 5.73 Å². The molecular formula is C8H14N2O7. The molecule has 0 bridgehead atoms. The molecule has 0 aliphatic rings. The average molecular weight is 250 g/mol. The second-order valence-electron chi connectivity index (χ2n) is 3.49. The number of aliphatic hydroxyl groups excluding tert-OH is 1. The van der Waals surface area contributed by atoms with E-state index in [1.165, 1.54) is 6.92 Å². The Hall–Kier alpha value is -1.71. The summed E-state index contributed by atoms with van der Waals surface area (Å²) >= 11 is 0. The van der Waals surface area contributed by atoms with Crippen LogP contribution in [0, 0.1) is 0 Å². The van der Waals surface area contributed by atoms with Gasteiger partial charge in [-0.2, -0.15) is 0 Å². The van der Waals surface area contributed by atoms with E-state index in [1.807, 2.05) is 0 Å². The van der Waals surface area contributed by atoms with Gasteiger partial charge in [-0.15, -0.1) is 0 Å². The first kappa shape index (κ1) is 15.3. The van der Waals surface area contributed by atoms with E-state index in [0.29, 0.717) is 0 Å². The zero-order valence-corrected chi connectivity index (χ0v) is 8.95. The van der Waals surface area contributed by atoms with Gasteiger partial charge in [0.1, 0.15) is 12.5 Å². The van der Waals surface area contributed by atoms with Gasteiger partial charge in [0, 0.05) is 0 Å². The van der Waals surface area contributed by atoms with E-state index in [4.69, 9.17) is 21.1 Å². The van der Waals surface area contributed by atoms with Crippen LogP contribution in [0.2, 0.25) is 0 Å². The first-order chi connectivity index (χ1) is 7.60. The van der Waals surface area contributed by atoms with E-state index in [0.717, 1.165) is 0 Å². The maximum atomic E-state index is 11.3. The summed E-state index contributed by atoms with van der Waals surface area (Å²) in [5.41, 5.74) is 2.22. The fourth-order valence-electron chi connectivity index (χ4n) is 0.898. The van der Waals surface area contributed by atoms with Crippen molar-refractivity contribution in [3.05, 3.63) is 0 Å². The number of nitrogens with two attached hydrogens (primary N) is 1. The summed E-state index contributed by atoms with van der Waals surface area (Å²) in [6.45, 7) is 1.18. The van der Waals surface area contributed by atoms with Crippen LogP contribution >= 0.6 is 0 Å². The molecule has 98 valence electrons. The second kappa shape index (κ2) is 5.57. The number of carboxylic acids is 2. The van der Waals surface area contributed by atoms with Crippen molar-refractivity contribution in [1.82, 2.24) is 5.32 Å². The molecule has 17 heavy (non-hydrogen) atoms. The summed E-state index contributed by atoms with van der Waals surface area (Å²) in [5, 5.41) is 37.0. The Morgan fingerprint density at radius 1 is 1.35 bits per heavy atom. The largest absolute Gasteiger partial charge is 0.481 e. The van der Waals surface area contributed by atoms with Gasteiger partial charge in [-0.3, -0.25) is 9.59 Å². The fourth-order valence-corrected chi connectivity index (χ4v) is 0.898. The Morgan fingerprint density at radius 3 is 2.12 bits per heavy atom. The van der Waals surface area contributed by atoms with Gasteiger partial charge in [-0.1, -0.05) is 0 Å². The van der Waals surface area contributed by atoms with Crippen LogP contribution in [0.4, 0.5) is 0 Å². The smallest absolute Gasteiger partial charge is 0.357 e. The van der Waals surface area contributed by atoms with E-state index >= 15 is 0 Å². The minimum absolute atomic E-state index is 1.17. The average Bonchev–Trinajstić information content (AvgIpc) is 2.14. The molecule has 0 spiro atoms. The summed E-state index contributed by atoms with van der Waals surface area (Å²) < 4.78 is 0. The second-order valence-corrected chi connectivity index (χ2v) is 3.49. The third kappa shape index (κ3) is 4.34. The molecule has 0 aliphatic heterocycles. The minimum Gasteiger partial charge on any atom is -0.481 e. The van der Waals surface area contributed by atoms with E-state index in [2.05, 4.69) is 0 Å². The van der Waals surface area contributed by atoms with Crippen LogP contribution < -0.4 is 11.1 Å². The van der Waals surface area contributed by atoms with Crippen LogP contribution in [0.5, 0.6) is 0 Å². The Kier molecular flexibility index (Phi) is 5.01. The predicted molar refractivity (Wildman–Crippen MR) is 52.6 cm³/mol. The normalized spacial score (nSPS) is 17.6. The summed E-state index contributed by atoms with van der Waals surface area (Å²) in [5.74, 6) is -4.74. The highest BCUT2D eigenvalue weighted by Crippen LogP contribution is 2.07. The van der Waals surface area contributed by atoms with Crippen molar-refractivity contribution in [2.45, 2.75) is 31.2 Å². The summed E-state index contributed by atoms with van der Waals surface area (Å²) in [7, 11) is 0. The van der Waals surface area contributed by atoms with Crippen molar-refractivity contribution in [1.29, 1.82) is 0 Å². The van der Waals surface area contributed by atoms with E-state index in [-0.39, 0.29) is 0 Å². The number of carbonyl (C=O) groups is 3. The van der Waals surface area contributed by atoms with E-state index in [9.17, 15) is 19.5 Å². The number of hydrogen-bond acceptors (Lipinski definition) is 6. The van der Waals surface area contributed by atoms with E-state index in [1.54, 1.807) is 5.32 Å². The highest BCUT2D eigenvalue weighted by atomic mass is 16.4. The molecule has 0 radical (unpaired) electrons. The van der Waals surface area contributed by atoms with Crippen LogP contribution in [0.15, 0.2) is 0 Å². The maximum absolute atomic E-state index is 11.3. The molecule has 1 amide bonds. The number of carbonyl (C=O) groups excluding carboxylic acids is 1. The molecule has 0 heterocycles.